The first-order valence-electron chi connectivity index (χ1n) is 9.49. The Labute approximate surface area is 176 Å². The van der Waals surface area contributed by atoms with Crippen LogP contribution in [0.4, 0.5) is 10.1 Å². The third kappa shape index (κ3) is 6.09. The zero-order chi connectivity index (χ0) is 22.2. The number of hydrogen-bond donors (Lipinski definition) is 3. The van der Waals surface area contributed by atoms with Crippen LogP contribution in [0, 0.1) is 0 Å². The average Bonchev–Trinajstić information content (AvgIpc) is 2.79. The molecule has 0 atom stereocenters. The summed E-state index contributed by atoms with van der Waals surface area (Å²) < 4.78 is 38.1. The topological polar surface area (TPSA) is 107 Å². The molecule has 3 N–H and O–H groups in total. The zero-order valence-corrected chi connectivity index (χ0v) is 17.6. The SMILES string of the molecule is CNc1cccc(CF)c1.O=Cc1cccc(S(=O)(=O)N2CCC(O)(CO)CC2)c1. The molecule has 0 aliphatic carbocycles. The molecule has 0 unspecified atom stereocenters. The Bertz CT molecular complexity index is 925. The molecule has 0 amide bonds. The largest absolute Gasteiger partial charge is 0.393 e. The molecule has 2 aromatic rings. The molecule has 1 fully saturated rings. The second-order valence-corrected chi connectivity index (χ2v) is 9.00. The van der Waals surface area contributed by atoms with Crippen molar-refractivity contribution in [2.75, 3.05) is 32.1 Å². The Hall–Kier alpha value is -2.33. The lowest BCUT2D eigenvalue weighted by atomic mass is 9.94. The van der Waals surface area contributed by atoms with E-state index >= 15 is 0 Å². The number of aliphatic hydroxyl groups is 2. The van der Waals surface area contributed by atoms with E-state index in [-0.39, 0.29) is 37.4 Å². The summed E-state index contributed by atoms with van der Waals surface area (Å²) in [4.78, 5) is 10.8. The lowest BCUT2D eigenvalue weighted by Gasteiger charge is -2.36. The van der Waals surface area contributed by atoms with E-state index < -0.39 is 22.3 Å². The van der Waals surface area contributed by atoms with Crippen LogP contribution in [0.25, 0.3) is 0 Å². The normalized spacial score (nSPS) is 16.3. The monoisotopic (exact) mass is 438 g/mol. The molecule has 0 bridgehead atoms. The number of anilines is 1. The number of carbonyl (C=O) groups excluding carboxylic acids is 1. The molecule has 30 heavy (non-hydrogen) atoms. The van der Waals surface area contributed by atoms with E-state index in [4.69, 9.17) is 5.11 Å². The molecule has 0 saturated carbocycles. The Kier molecular flexibility index (Phi) is 8.48. The number of nitrogens with zero attached hydrogens (tertiary/aromatic N) is 1. The Balaban J connectivity index is 0.000000269. The van der Waals surface area contributed by atoms with Crippen LogP contribution in [0.5, 0.6) is 0 Å². The van der Waals surface area contributed by atoms with Gasteiger partial charge in [-0.1, -0.05) is 24.3 Å². The molecule has 3 rings (SSSR count). The smallest absolute Gasteiger partial charge is 0.243 e. The maximum Gasteiger partial charge on any atom is 0.243 e. The van der Waals surface area contributed by atoms with Crippen molar-refractivity contribution in [3.05, 3.63) is 59.7 Å². The molecule has 164 valence electrons. The quantitative estimate of drug-likeness (QED) is 0.597. The van der Waals surface area contributed by atoms with Gasteiger partial charge in [0.1, 0.15) is 13.0 Å². The van der Waals surface area contributed by atoms with Crippen LogP contribution in [-0.4, -0.2) is 61.6 Å². The summed E-state index contributed by atoms with van der Waals surface area (Å²) in [5.74, 6) is 0. The summed E-state index contributed by atoms with van der Waals surface area (Å²) in [7, 11) is -1.85. The van der Waals surface area contributed by atoms with Crippen LogP contribution in [0.3, 0.4) is 0 Å². The molecular weight excluding hydrogens is 411 g/mol. The Morgan fingerprint density at radius 3 is 2.40 bits per heavy atom. The number of carbonyl (C=O) groups is 1. The number of halogens is 1. The van der Waals surface area contributed by atoms with E-state index in [0.29, 0.717) is 17.4 Å². The summed E-state index contributed by atoms with van der Waals surface area (Å²) in [6.45, 7) is -0.480. The molecule has 7 nitrogen and oxygen atoms in total. The minimum Gasteiger partial charge on any atom is -0.393 e. The first kappa shape index (κ1) is 23.9. The van der Waals surface area contributed by atoms with E-state index in [1.165, 1.54) is 28.6 Å². The van der Waals surface area contributed by atoms with E-state index in [1.54, 1.807) is 12.1 Å². The van der Waals surface area contributed by atoms with Crippen molar-refractivity contribution in [3.63, 3.8) is 0 Å². The molecule has 1 saturated heterocycles. The predicted molar refractivity (Wildman–Crippen MR) is 113 cm³/mol. The van der Waals surface area contributed by atoms with Gasteiger partial charge in [-0.2, -0.15) is 4.31 Å². The van der Waals surface area contributed by atoms with Crippen LogP contribution >= 0.6 is 0 Å². The minimum absolute atomic E-state index is 0.0662. The predicted octanol–water partition coefficient (Wildman–Crippen LogP) is 2.20. The van der Waals surface area contributed by atoms with Crippen molar-refractivity contribution in [1.82, 2.24) is 4.31 Å². The second kappa shape index (κ2) is 10.6. The van der Waals surface area contributed by atoms with E-state index in [2.05, 4.69) is 5.32 Å². The molecule has 1 aliphatic heterocycles. The van der Waals surface area contributed by atoms with Crippen molar-refractivity contribution in [1.29, 1.82) is 0 Å². The van der Waals surface area contributed by atoms with Gasteiger partial charge in [-0.15, -0.1) is 0 Å². The number of alkyl halides is 1. The molecule has 0 radical (unpaired) electrons. The first-order chi connectivity index (χ1) is 14.3. The highest BCUT2D eigenvalue weighted by molar-refractivity contribution is 7.89. The Morgan fingerprint density at radius 1 is 1.17 bits per heavy atom. The number of aldehydes is 1. The fraction of sp³-hybridized carbons (Fsp3) is 0.381. The highest BCUT2D eigenvalue weighted by atomic mass is 32.2. The number of benzene rings is 2. The first-order valence-corrected chi connectivity index (χ1v) is 10.9. The number of piperidine rings is 1. The fourth-order valence-electron chi connectivity index (χ4n) is 3.01. The summed E-state index contributed by atoms with van der Waals surface area (Å²) in [5, 5.41) is 21.9. The van der Waals surface area contributed by atoms with E-state index in [1.807, 2.05) is 19.2 Å². The van der Waals surface area contributed by atoms with Gasteiger partial charge in [-0.3, -0.25) is 4.79 Å². The van der Waals surface area contributed by atoms with Gasteiger partial charge < -0.3 is 15.5 Å². The number of nitrogens with one attached hydrogen (secondary N) is 1. The van der Waals surface area contributed by atoms with Gasteiger partial charge in [0.2, 0.25) is 10.0 Å². The minimum atomic E-state index is -3.67. The maximum absolute atomic E-state index is 12.4. The van der Waals surface area contributed by atoms with E-state index in [0.717, 1.165) is 5.69 Å². The van der Waals surface area contributed by atoms with Crippen molar-refractivity contribution in [3.8, 4) is 0 Å². The van der Waals surface area contributed by atoms with Crippen molar-refractivity contribution in [2.24, 2.45) is 0 Å². The summed E-state index contributed by atoms with van der Waals surface area (Å²) >= 11 is 0. The molecule has 0 spiro atoms. The summed E-state index contributed by atoms with van der Waals surface area (Å²) in [5.41, 5.74) is 0.772. The third-order valence-corrected chi connectivity index (χ3v) is 6.84. The molecule has 1 aliphatic rings. The van der Waals surface area contributed by atoms with Crippen LogP contribution in [0.1, 0.15) is 28.8 Å². The van der Waals surface area contributed by atoms with Gasteiger partial charge in [0.05, 0.1) is 17.1 Å². The fourth-order valence-corrected chi connectivity index (χ4v) is 4.51. The lowest BCUT2D eigenvalue weighted by molar-refractivity contribution is -0.0480. The molecule has 9 heteroatoms. The summed E-state index contributed by atoms with van der Waals surface area (Å²) in [6, 6.07) is 13.1. The van der Waals surface area contributed by atoms with Gasteiger partial charge in [-0.25, -0.2) is 12.8 Å². The van der Waals surface area contributed by atoms with Gasteiger partial charge in [0.15, 0.2) is 0 Å². The number of aliphatic hydroxyl groups excluding tert-OH is 1. The molecule has 0 aromatic heterocycles. The van der Waals surface area contributed by atoms with Crippen molar-refractivity contribution < 1.29 is 27.8 Å². The van der Waals surface area contributed by atoms with Crippen molar-refractivity contribution in [2.45, 2.75) is 30.0 Å². The number of rotatable bonds is 6. The van der Waals surface area contributed by atoms with Crippen LogP contribution in [0.2, 0.25) is 0 Å². The van der Waals surface area contributed by atoms with Gasteiger partial charge in [-0.05, 0) is 42.7 Å². The van der Waals surface area contributed by atoms with Crippen LogP contribution in [0.15, 0.2) is 53.4 Å². The third-order valence-electron chi connectivity index (χ3n) is 4.95. The lowest BCUT2D eigenvalue weighted by Crippen LogP contribution is -2.48. The number of sulfonamides is 1. The van der Waals surface area contributed by atoms with Gasteiger partial charge in [0.25, 0.3) is 0 Å². The van der Waals surface area contributed by atoms with Crippen LogP contribution in [-0.2, 0) is 16.7 Å². The highest BCUT2D eigenvalue weighted by Gasteiger charge is 2.36. The standard InChI is InChI=1S/C13H17NO5S.C8H10FN/c15-9-11-2-1-3-12(8-11)20(18,19)14-6-4-13(17,10-16)5-7-14;1-10-8-4-2-3-7(5-8)6-9/h1-3,8-9,16-17H,4-7,10H2;2-5,10H,6H2,1H3. The van der Waals surface area contributed by atoms with Gasteiger partial charge in [0, 0.05) is 31.4 Å². The van der Waals surface area contributed by atoms with Gasteiger partial charge >= 0.3 is 0 Å². The maximum atomic E-state index is 12.4. The highest BCUT2D eigenvalue weighted by Crippen LogP contribution is 2.26. The molecular formula is C21H27FN2O5S. The molecule has 1 heterocycles. The summed E-state index contributed by atoms with van der Waals surface area (Å²) in [6.07, 6.45) is 0.978. The second-order valence-electron chi connectivity index (χ2n) is 7.06. The van der Waals surface area contributed by atoms with Crippen LogP contribution < -0.4 is 5.32 Å². The van der Waals surface area contributed by atoms with E-state index in [9.17, 15) is 22.7 Å². The van der Waals surface area contributed by atoms with Crippen molar-refractivity contribution >= 4 is 22.0 Å². The number of hydrogen-bond acceptors (Lipinski definition) is 6. The zero-order valence-electron chi connectivity index (χ0n) is 16.8. The average molecular weight is 439 g/mol. The Morgan fingerprint density at radius 2 is 1.83 bits per heavy atom. The molecule has 2 aromatic carbocycles.